The molecule has 8 nitrogen and oxygen atoms in total. The van der Waals surface area contributed by atoms with Crippen molar-refractivity contribution in [3.8, 4) is 5.75 Å². The van der Waals surface area contributed by atoms with Gasteiger partial charge in [0.1, 0.15) is 18.3 Å². The van der Waals surface area contributed by atoms with Gasteiger partial charge in [0.05, 0.1) is 17.7 Å². The lowest BCUT2D eigenvalue weighted by Crippen LogP contribution is -2.50. The van der Waals surface area contributed by atoms with E-state index in [1.54, 1.807) is 67.6 Å². The van der Waals surface area contributed by atoms with Crippen LogP contribution in [0.15, 0.2) is 77.7 Å². The number of anilines is 1. The van der Waals surface area contributed by atoms with E-state index < -0.39 is 28.5 Å². The Hall–Kier alpha value is -3.56. The molecule has 0 fully saturated rings. The molecule has 37 heavy (non-hydrogen) atoms. The Morgan fingerprint density at radius 2 is 1.70 bits per heavy atom. The van der Waals surface area contributed by atoms with Gasteiger partial charge in [0.2, 0.25) is 11.8 Å². The predicted octanol–water partition coefficient (Wildman–Crippen LogP) is 4.02. The smallest absolute Gasteiger partial charge is 0.264 e. The highest BCUT2D eigenvalue weighted by Gasteiger charge is 2.33. The zero-order chi connectivity index (χ0) is 27.2. The third-order valence-corrected chi connectivity index (χ3v) is 7.91. The molecule has 0 aliphatic rings. The van der Waals surface area contributed by atoms with E-state index in [0.717, 1.165) is 9.87 Å². The summed E-state index contributed by atoms with van der Waals surface area (Å²) in [7, 11) is -1.28. The van der Waals surface area contributed by atoms with E-state index >= 15 is 0 Å². The van der Waals surface area contributed by atoms with Gasteiger partial charge in [-0.15, -0.1) is 0 Å². The minimum Gasteiger partial charge on any atom is -0.495 e. The van der Waals surface area contributed by atoms with Crippen LogP contribution in [-0.2, 0) is 26.2 Å². The third-order valence-electron chi connectivity index (χ3n) is 5.90. The molecule has 0 unspecified atom stereocenters. The summed E-state index contributed by atoms with van der Waals surface area (Å²) in [6.07, 6.45) is 0. The summed E-state index contributed by atoms with van der Waals surface area (Å²) < 4.78 is 34.1. The number of ether oxygens (including phenoxy) is 1. The van der Waals surface area contributed by atoms with Crippen molar-refractivity contribution in [2.75, 3.05) is 25.0 Å². The molecule has 2 amide bonds. The standard InChI is InChI=1S/C27H30ClN3O5S/c1-19-12-14-23(15-13-19)37(34,35)31(24-10-5-6-11-25(24)36-4)18-26(32)30(20(2)27(33)29-3)17-21-8-7-9-22(28)16-21/h5-16,20H,17-18H2,1-4H3,(H,29,33)/t20-/m0/s1. The molecule has 0 aromatic heterocycles. The number of para-hydroxylation sites is 2. The normalized spacial score (nSPS) is 11.9. The van der Waals surface area contributed by atoms with Crippen LogP contribution in [0, 0.1) is 6.92 Å². The molecule has 0 radical (unpaired) electrons. The minimum atomic E-state index is -4.18. The third kappa shape index (κ3) is 6.61. The molecule has 3 rings (SSSR count). The maximum absolute atomic E-state index is 13.8. The number of aryl methyl sites for hydroxylation is 1. The summed E-state index contributed by atoms with van der Waals surface area (Å²) in [5.74, 6) is -0.676. The van der Waals surface area contributed by atoms with Gasteiger partial charge in [-0.3, -0.25) is 13.9 Å². The highest BCUT2D eigenvalue weighted by atomic mass is 35.5. The number of carbonyl (C=O) groups excluding carboxylic acids is 2. The summed E-state index contributed by atoms with van der Waals surface area (Å²) in [6, 6.07) is 19.0. The number of nitrogens with zero attached hydrogens (tertiary/aromatic N) is 2. The van der Waals surface area contributed by atoms with Crippen LogP contribution < -0.4 is 14.4 Å². The van der Waals surface area contributed by atoms with Gasteiger partial charge in [-0.25, -0.2) is 8.42 Å². The number of carbonyl (C=O) groups is 2. The van der Waals surface area contributed by atoms with Crippen molar-refractivity contribution in [3.05, 3.63) is 88.9 Å². The molecule has 0 spiro atoms. The molecule has 0 saturated carbocycles. The lowest BCUT2D eigenvalue weighted by Gasteiger charge is -2.32. The number of amides is 2. The molecule has 1 N–H and O–H groups in total. The van der Waals surface area contributed by atoms with Gasteiger partial charge < -0.3 is 15.0 Å². The molecule has 0 bridgehead atoms. The molecule has 196 valence electrons. The SMILES string of the molecule is CNC(=O)[C@H](C)N(Cc1cccc(Cl)c1)C(=O)CN(c1ccccc1OC)S(=O)(=O)c1ccc(C)cc1. The van der Waals surface area contributed by atoms with Gasteiger partial charge in [0.25, 0.3) is 10.0 Å². The van der Waals surface area contributed by atoms with Crippen molar-refractivity contribution in [1.29, 1.82) is 0 Å². The second kappa shape index (κ2) is 12.1. The molecular weight excluding hydrogens is 514 g/mol. The fourth-order valence-corrected chi connectivity index (χ4v) is 5.45. The summed E-state index contributed by atoms with van der Waals surface area (Å²) in [4.78, 5) is 27.7. The Labute approximate surface area is 222 Å². The first-order valence-corrected chi connectivity index (χ1v) is 13.4. The highest BCUT2D eigenvalue weighted by Crippen LogP contribution is 2.32. The minimum absolute atomic E-state index is 0.0255. The van der Waals surface area contributed by atoms with Crippen molar-refractivity contribution >= 4 is 39.1 Å². The zero-order valence-electron chi connectivity index (χ0n) is 21.1. The van der Waals surface area contributed by atoms with Crippen LogP contribution >= 0.6 is 11.6 Å². The van der Waals surface area contributed by atoms with Gasteiger partial charge in [-0.05, 0) is 55.8 Å². The fourth-order valence-electron chi connectivity index (χ4n) is 3.81. The Kier molecular flexibility index (Phi) is 9.18. The maximum Gasteiger partial charge on any atom is 0.264 e. The van der Waals surface area contributed by atoms with Crippen LogP contribution in [0.1, 0.15) is 18.1 Å². The first-order valence-electron chi connectivity index (χ1n) is 11.6. The monoisotopic (exact) mass is 543 g/mol. The quantitative estimate of drug-likeness (QED) is 0.417. The summed E-state index contributed by atoms with van der Waals surface area (Å²) in [5, 5.41) is 3.03. The van der Waals surface area contributed by atoms with Crippen molar-refractivity contribution in [3.63, 3.8) is 0 Å². The number of sulfonamides is 1. The van der Waals surface area contributed by atoms with Crippen molar-refractivity contribution in [1.82, 2.24) is 10.2 Å². The lowest BCUT2D eigenvalue weighted by atomic mass is 10.1. The first kappa shape index (κ1) is 28.0. The van der Waals surface area contributed by atoms with E-state index in [2.05, 4.69) is 5.32 Å². The van der Waals surface area contributed by atoms with Crippen LogP contribution in [-0.4, -0.2) is 51.9 Å². The zero-order valence-corrected chi connectivity index (χ0v) is 22.7. The van der Waals surface area contributed by atoms with E-state index in [4.69, 9.17) is 16.3 Å². The van der Waals surface area contributed by atoms with Gasteiger partial charge in [0.15, 0.2) is 0 Å². The number of halogens is 1. The van der Waals surface area contributed by atoms with Crippen LogP contribution in [0.4, 0.5) is 5.69 Å². The van der Waals surface area contributed by atoms with Gasteiger partial charge >= 0.3 is 0 Å². The largest absolute Gasteiger partial charge is 0.495 e. The maximum atomic E-state index is 13.8. The van der Waals surface area contributed by atoms with Crippen molar-refractivity contribution in [2.45, 2.75) is 31.3 Å². The summed E-state index contributed by atoms with van der Waals surface area (Å²) >= 11 is 6.13. The Morgan fingerprint density at radius 3 is 2.32 bits per heavy atom. The molecule has 0 aliphatic heterocycles. The van der Waals surface area contributed by atoms with Crippen molar-refractivity contribution in [2.24, 2.45) is 0 Å². The molecule has 0 aliphatic carbocycles. The topological polar surface area (TPSA) is 96.0 Å². The van der Waals surface area contributed by atoms with Crippen LogP contribution in [0.2, 0.25) is 5.02 Å². The van der Waals surface area contributed by atoms with Crippen molar-refractivity contribution < 1.29 is 22.7 Å². The molecule has 0 heterocycles. The van der Waals surface area contributed by atoms with Gasteiger partial charge in [0, 0.05) is 18.6 Å². The number of hydrogen-bond acceptors (Lipinski definition) is 5. The Morgan fingerprint density at radius 1 is 1.03 bits per heavy atom. The van der Waals surface area contributed by atoms with Crippen LogP contribution in [0.3, 0.4) is 0 Å². The average Bonchev–Trinajstić information content (AvgIpc) is 2.89. The predicted molar refractivity (Wildman–Crippen MR) is 144 cm³/mol. The van der Waals surface area contributed by atoms with E-state index in [0.29, 0.717) is 10.6 Å². The van der Waals surface area contributed by atoms with E-state index in [1.165, 1.54) is 31.2 Å². The molecule has 3 aromatic carbocycles. The molecule has 1 atom stereocenters. The molecule has 10 heteroatoms. The summed E-state index contributed by atoms with van der Waals surface area (Å²) in [6.45, 7) is 2.94. The van der Waals surface area contributed by atoms with Gasteiger partial charge in [-0.2, -0.15) is 0 Å². The first-order chi connectivity index (χ1) is 17.6. The number of likely N-dealkylation sites (N-methyl/N-ethyl adjacent to an activating group) is 1. The van der Waals surface area contributed by atoms with E-state index in [9.17, 15) is 18.0 Å². The second-order valence-electron chi connectivity index (χ2n) is 8.44. The Balaban J connectivity index is 2.07. The number of hydrogen-bond donors (Lipinski definition) is 1. The van der Waals surface area contributed by atoms with E-state index in [-0.39, 0.29) is 28.8 Å². The second-order valence-corrected chi connectivity index (χ2v) is 10.7. The fraction of sp³-hybridized carbons (Fsp3) is 0.259. The molecule has 0 saturated heterocycles. The molecular formula is C27H30ClN3O5S. The number of rotatable bonds is 10. The number of nitrogens with one attached hydrogen (secondary N) is 1. The van der Waals surface area contributed by atoms with Crippen LogP contribution in [0.5, 0.6) is 5.75 Å². The van der Waals surface area contributed by atoms with E-state index in [1.807, 2.05) is 6.92 Å². The number of methoxy groups -OCH3 is 1. The number of benzene rings is 3. The van der Waals surface area contributed by atoms with Crippen LogP contribution in [0.25, 0.3) is 0 Å². The summed E-state index contributed by atoms with van der Waals surface area (Å²) in [5.41, 5.74) is 1.79. The highest BCUT2D eigenvalue weighted by molar-refractivity contribution is 7.92. The average molecular weight is 544 g/mol. The van der Waals surface area contributed by atoms with Gasteiger partial charge in [-0.1, -0.05) is 53.6 Å². The molecule has 3 aromatic rings. The lowest BCUT2D eigenvalue weighted by molar-refractivity contribution is -0.139. The Bertz CT molecular complexity index is 1360.